The zero-order valence-electron chi connectivity index (χ0n) is 21.1. The Hall–Kier alpha value is -2.69. The Morgan fingerprint density at radius 3 is 2.61 bits per heavy atom. The van der Waals surface area contributed by atoms with Crippen molar-refractivity contribution in [1.82, 2.24) is 4.98 Å². The summed E-state index contributed by atoms with van der Waals surface area (Å²) in [6, 6.07) is 21.6. The van der Waals surface area contributed by atoms with Crippen molar-refractivity contribution in [1.29, 1.82) is 0 Å². The maximum Gasteiger partial charge on any atom is 0.120 e. The van der Waals surface area contributed by atoms with Crippen molar-refractivity contribution in [2.45, 2.75) is 69.0 Å². The van der Waals surface area contributed by atoms with Crippen molar-refractivity contribution in [3.8, 4) is 5.75 Å². The Kier molecular flexibility index (Phi) is 6.57. The monoisotopic (exact) mass is 483 g/mol. The minimum Gasteiger partial charge on any atom is -0.489 e. The number of benzene rings is 2. The molecule has 2 saturated carbocycles. The summed E-state index contributed by atoms with van der Waals surface area (Å²) in [5.41, 5.74) is 4.65. The van der Waals surface area contributed by atoms with E-state index in [4.69, 9.17) is 9.47 Å². The molecule has 2 aromatic carbocycles. The molecule has 1 aromatic heterocycles. The molecule has 1 N–H and O–H groups in total. The molecule has 0 aliphatic heterocycles. The zero-order valence-corrected chi connectivity index (χ0v) is 21.1. The lowest BCUT2D eigenvalue weighted by Crippen LogP contribution is -2.52. The van der Waals surface area contributed by atoms with Gasteiger partial charge in [0.05, 0.1) is 12.2 Å². The molecule has 4 nitrogen and oxygen atoms in total. The second-order valence-corrected chi connectivity index (χ2v) is 11.4. The van der Waals surface area contributed by atoms with E-state index in [1.165, 1.54) is 29.5 Å². The molecule has 0 bridgehead atoms. The highest BCUT2D eigenvalue weighted by atomic mass is 16.5. The third kappa shape index (κ3) is 5.07. The average Bonchev–Trinajstić information content (AvgIpc) is 3.73. The van der Waals surface area contributed by atoms with E-state index in [1.54, 1.807) is 6.20 Å². The van der Waals surface area contributed by atoms with E-state index >= 15 is 0 Å². The summed E-state index contributed by atoms with van der Waals surface area (Å²) in [6.45, 7) is 1.82. The van der Waals surface area contributed by atoms with E-state index in [1.807, 2.05) is 18.3 Å². The summed E-state index contributed by atoms with van der Waals surface area (Å²) in [4.78, 5) is 4.19. The predicted molar refractivity (Wildman–Crippen MR) is 141 cm³/mol. The Labute approximate surface area is 214 Å². The number of aliphatic hydroxyl groups is 1. The fourth-order valence-corrected chi connectivity index (χ4v) is 6.60. The van der Waals surface area contributed by atoms with Crippen LogP contribution in [0.1, 0.15) is 60.8 Å². The van der Waals surface area contributed by atoms with Crippen LogP contribution >= 0.6 is 0 Å². The van der Waals surface area contributed by atoms with Crippen LogP contribution in [-0.4, -0.2) is 28.9 Å². The SMILES string of the molecule is O[C@]1(COCC2CC2)CC[C@@]2(Cc3ccccc3)c3ccc(OCc4cccnc4)cc3CC[C@@H]2C1. The topological polar surface area (TPSA) is 51.6 Å². The Balaban J connectivity index is 1.25. The number of nitrogens with zero attached hydrogens (tertiary/aromatic N) is 1. The van der Waals surface area contributed by atoms with Crippen LogP contribution < -0.4 is 4.74 Å². The van der Waals surface area contributed by atoms with Gasteiger partial charge in [-0.05, 0) is 98.1 Å². The summed E-state index contributed by atoms with van der Waals surface area (Å²) in [7, 11) is 0. The van der Waals surface area contributed by atoms with E-state index in [-0.39, 0.29) is 5.41 Å². The van der Waals surface area contributed by atoms with Gasteiger partial charge in [-0.3, -0.25) is 4.98 Å². The molecule has 0 spiro atoms. The minimum atomic E-state index is -0.704. The first kappa shape index (κ1) is 23.7. The van der Waals surface area contributed by atoms with Crippen molar-refractivity contribution in [3.05, 3.63) is 95.3 Å². The highest BCUT2D eigenvalue weighted by Gasteiger charge is 2.51. The summed E-state index contributed by atoms with van der Waals surface area (Å²) >= 11 is 0. The largest absolute Gasteiger partial charge is 0.489 e. The van der Waals surface area contributed by atoms with Gasteiger partial charge in [-0.15, -0.1) is 0 Å². The first-order valence-electron chi connectivity index (χ1n) is 13.6. The summed E-state index contributed by atoms with van der Waals surface area (Å²) in [5.74, 6) is 2.09. The number of ether oxygens (including phenoxy) is 2. The molecule has 0 saturated heterocycles. The van der Waals surface area contributed by atoms with Gasteiger partial charge in [0.15, 0.2) is 0 Å². The molecule has 3 aromatic rings. The number of hydrogen-bond acceptors (Lipinski definition) is 4. The summed E-state index contributed by atoms with van der Waals surface area (Å²) in [6.07, 6.45) is 11.9. The lowest BCUT2D eigenvalue weighted by Gasteiger charge is -2.53. The van der Waals surface area contributed by atoms with Gasteiger partial charge in [0, 0.05) is 30.0 Å². The van der Waals surface area contributed by atoms with Crippen LogP contribution in [0.15, 0.2) is 73.1 Å². The second kappa shape index (κ2) is 9.99. The highest BCUT2D eigenvalue weighted by molar-refractivity contribution is 5.45. The van der Waals surface area contributed by atoms with Crippen molar-refractivity contribution >= 4 is 0 Å². The van der Waals surface area contributed by atoms with Crippen molar-refractivity contribution in [2.24, 2.45) is 11.8 Å². The number of pyridine rings is 1. The first-order valence-corrected chi connectivity index (χ1v) is 13.6. The second-order valence-electron chi connectivity index (χ2n) is 11.4. The number of rotatable bonds is 9. The molecule has 2 fully saturated rings. The van der Waals surface area contributed by atoms with Crippen LogP contribution in [0.3, 0.4) is 0 Å². The molecule has 3 aliphatic rings. The zero-order chi connectivity index (χ0) is 24.4. The highest BCUT2D eigenvalue weighted by Crippen LogP contribution is 2.54. The van der Waals surface area contributed by atoms with Crippen LogP contribution in [0, 0.1) is 11.8 Å². The van der Waals surface area contributed by atoms with Gasteiger partial charge in [-0.25, -0.2) is 0 Å². The fraction of sp³-hybridized carbons (Fsp3) is 0.469. The van der Waals surface area contributed by atoms with E-state index in [0.717, 1.165) is 62.4 Å². The van der Waals surface area contributed by atoms with Crippen LogP contribution in [-0.2, 0) is 29.6 Å². The Bertz CT molecular complexity index is 1160. The molecule has 1 heterocycles. The van der Waals surface area contributed by atoms with E-state index < -0.39 is 5.60 Å². The number of fused-ring (bicyclic) bond motifs is 3. The molecule has 0 amide bonds. The number of aryl methyl sites for hydroxylation is 1. The van der Waals surface area contributed by atoms with Gasteiger partial charge in [0.1, 0.15) is 12.4 Å². The van der Waals surface area contributed by atoms with E-state index in [0.29, 0.717) is 19.1 Å². The molecular weight excluding hydrogens is 446 g/mol. The molecule has 0 unspecified atom stereocenters. The maximum atomic E-state index is 11.5. The molecule has 188 valence electrons. The van der Waals surface area contributed by atoms with E-state index in [9.17, 15) is 5.11 Å². The van der Waals surface area contributed by atoms with E-state index in [2.05, 4.69) is 53.5 Å². The molecular formula is C32H37NO3. The molecule has 36 heavy (non-hydrogen) atoms. The predicted octanol–water partition coefficient (Wildman–Crippen LogP) is 6.05. The summed E-state index contributed by atoms with van der Waals surface area (Å²) in [5, 5.41) is 11.5. The lowest BCUT2D eigenvalue weighted by atomic mass is 9.52. The maximum absolute atomic E-state index is 11.5. The normalized spacial score (nSPS) is 27.2. The minimum absolute atomic E-state index is 0.0412. The van der Waals surface area contributed by atoms with Crippen molar-refractivity contribution in [3.63, 3.8) is 0 Å². The molecule has 3 aliphatic carbocycles. The Morgan fingerprint density at radius 1 is 0.944 bits per heavy atom. The Morgan fingerprint density at radius 2 is 1.81 bits per heavy atom. The van der Waals surface area contributed by atoms with Crippen LogP contribution in [0.2, 0.25) is 0 Å². The van der Waals surface area contributed by atoms with Crippen molar-refractivity contribution in [2.75, 3.05) is 13.2 Å². The van der Waals surface area contributed by atoms with Gasteiger partial charge < -0.3 is 14.6 Å². The van der Waals surface area contributed by atoms with Crippen LogP contribution in [0.5, 0.6) is 5.75 Å². The quantitative estimate of drug-likeness (QED) is 0.403. The average molecular weight is 484 g/mol. The third-order valence-corrected chi connectivity index (χ3v) is 8.73. The molecule has 3 atom stereocenters. The first-order chi connectivity index (χ1) is 17.6. The molecule has 6 rings (SSSR count). The standard InChI is InChI=1S/C32H37NO3/c34-31(23-35-21-25-8-9-25)14-15-32(18-24-5-2-1-3-6-24)28(19-31)11-10-27-17-29(12-13-30(27)32)36-22-26-7-4-16-33-20-26/h1-7,12-13,16-17,20,25,28,34H,8-11,14-15,18-19,21-23H2/t28-,31-,32+/m1/s1. The van der Waals surface area contributed by atoms with Crippen LogP contribution in [0.4, 0.5) is 0 Å². The number of hydrogen-bond donors (Lipinski definition) is 1. The fourth-order valence-electron chi connectivity index (χ4n) is 6.60. The molecule has 0 radical (unpaired) electrons. The number of aromatic nitrogens is 1. The third-order valence-electron chi connectivity index (χ3n) is 8.73. The van der Waals surface area contributed by atoms with Gasteiger partial charge in [-0.1, -0.05) is 42.5 Å². The molecule has 4 heteroatoms. The summed E-state index contributed by atoms with van der Waals surface area (Å²) < 4.78 is 12.2. The lowest BCUT2D eigenvalue weighted by molar-refractivity contribution is -0.102. The van der Waals surface area contributed by atoms with Crippen LogP contribution in [0.25, 0.3) is 0 Å². The van der Waals surface area contributed by atoms with Gasteiger partial charge in [0.25, 0.3) is 0 Å². The van der Waals surface area contributed by atoms with Gasteiger partial charge >= 0.3 is 0 Å². The van der Waals surface area contributed by atoms with Gasteiger partial charge in [-0.2, -0.15) is 0 Å². The van der Waals surface area contributed by atoms with Gasteiger partial charge in [0.2, 0.25) is 0 Å². The smallest absolute Gasteiger partial charge is 0.120 e. The van der Waals surface area contributed by atoms with Crippen molar-refractivity contribution < 1.29 is 14.6 Å².